The zero-order valence-corrected chi connectivity index (χ0v) is 17.7. The lowest BCUT2D eigenvalue weighted by Gasteiger charge is -2.18. The molecule has 8 heteroatoms. The summed E-state index contributed by atoms with van der Waals surface area (Å²) in [6, 6.07) is 11.4. The second kappa shape index (κ2) is 8.78. The SMILES string of the molecule is C#CCNS(=O)(=O)c1ccc(C(=O)NCCOc2cccc3c2OC(C)(C)C3)cc1. The number of carbonyl (C=O) groups excluding carboxylic acids is 1. The highest BCUT2D eigenvalue weighted by Crippen LogP contribution is 2.41. The first-order valence-electron chi connectivity index (χ1n) is 9.47. The van der Waals surface area contributed by atoms with Gasteiger partial charge in [-0.25, -0.2) is 8.42 Å². The molecule has 1 aliphatic heterocycles. The second-order valence-electron chi connectivity index (χ2n) is 7.44. The van der Waals surface area contributed by atoms with Crippen LogP contribution in [0.4, 0.5) is 0 Å². The first kappa shape index (κ1) is 21.7. The predicted molar refractivity (Wildman–Crippen MR) is 113 cm³/mol. The van der Waals surface area contributed by atoms with E-state index in [1.165, 1.54) is 24.3 Å². The lowest BCUT2D eigenvalue weighted by molar-refractivity contribution is 0.0946. The van der Waals surface area contributed by atoms with Crippen LogP contribution in [0.2, 0.25) is 0 Å². The van der Waals surface area contributed by atoms with Gasteiger partial charge in [0.2, 0.25) is 10.0 Å². The molecule has 0 saturated carbocycles. The molecule has 0 aliphatic carbocycles. The van der Waals surface area contributed by atoms with E-state index in [2.05, 4.69) is 16.0 Å². The number of rotatable bonds is 8. The zero-order chi connectivity index (χ0) is 21.8. The van der Waals surface area contributed by atoms with Crippen molar-refractivity contribution >= 4 is 15.9 Å². The van der Waals surface area contributed by atoms with Gasteiger partial charge in [-0.3, -0.25) is 4.79 Å². The van der Waals surface area contributed by atoms with Gasteiger partial charge < -0.3 is 14.8 Å². The number of carbonyl (C=O) groups is 1. The van der Waals surface area contributed by atoms with Crippen LogP contribution in [0.5, 0.6) is 11.5 Å². The van der Waals surface area contributed by atoms with Crippen molar-refractivity contribution in [2.45, 2.75) is 30.8 Å². The van der Waals surface area contributed by atoms with Crippen LogP contribution in [0, 0.1) is 12.3 Å². The fraction of sp³-hybridized carbons (Fsp3) is 0.318. The molecule has 2 aromatic rings. The maximum atomic E-state index is 12.3. The monoisotopic (exact) mass is 428 g/mol. The van der Waals surface area contributed by atoms with Crippen molar-refractivity contribution < 1.29 is 22.7 Å². The minimum absolute atomic E-state index is 0.0403. The molecule has 3 rings (SSSR count). The molecule has 0 aromatic heterocycles. The summed E-state index contributed by atoms with van der Waals surface area (Å²) in [5.74, 6) is 3.29. The molecule has 2 aromatic carbocycles. The number of hydrogen-bond donors (Lipinski definition) is 2. The van der Waals surface area contributed by atoms with Crippen LogP contribution in [0.25, 0.3) is 0 Å². The molecular weight excluding hydrogens is 404 g/mol. The molecule has 1 aliphatic rings. The van der Waals surface area contributed by atoms with Crippen LogP contribution >= 0.6 is 0 Å². The molecule has 1 amide bonds. The highest BCUT2D eigenvalue weighted by Gasteiger charge is 2.32. The van der Waals surface area contributed by atoms with E-state index >= 15 is 0 Å². The molecule has 0 fully saturated rings. The smallest absolute Gasteiger partial charge is 0.251 e. The van der Waals surface area contributed by atoms with Gasteiger partial charge in [-0.2, -0.15) is 4.72 Å². The summed E-state index contributed by atoms with van der Waals surface area (Å²) < 4.78 is 38.0. The van der Waals surface area contributed by atoms with Crippen molar-refractivity contribution in [2.75, 3.05) is 19.7 Å². The Morgan fingerprint density at radius 1 is 1.23 bits per heavy atom. The van der Waals surface area contributed by atoms with Gasteiger partial charge in [-0.15, -0.1) is 6.42 Å². The van der Waals surface area contributed by atoms with E-state index in [9.17, 15) is 13.2 Å². The lowest BCUT2D eigenvalue weighted by Crippen LogP contribution is -2.28. The number of sulfonamides is 1. The fourth-order valence-electron chi connectivity index (χ4n) is 3.13. The van der Waals surface area contributed by atoms with Gasteiger partial charge in [0.1, 0.15) is 12.2 Å². The number of para-hydroxylation sites is 1. The summed E-state index contributed by atoms with van der Waals surface area (Å²) in [5.41, 5.74) is 1.19. The third kappa shape index (κ3) is 5.12. The normalized spacial score (nSPS) is 14.3. The summed E-state index contributed by atoms with van der Waals surface area (Å²) in [5, 5.41) is 2.75. The topological polar surface area (TPSA) is 93.7 Å². The Morgan fingerprint density at radius 2 is 1.97 bits per heavy atom. The molecule has 7 nitrogen and oxygen atoms in total. The van der Waals surface area contributed by atoms with Gasteiger partial charge in [0.15, 0.2) is 11.5 Å². The van der Waals surface area contributed by atoms with E-state index in [4.69, 9.17) is 15.9 Å². The highest BCUT2D eigenvalue weighted by molar-refractivity contribution is 7.89. The van der Waals surface area contributed by atoms with Gasteiger partial charge in [-0.05, 0) is 44.2 Å². The van der Waals surface area contributed by atoms with Crippen molar-refractivity contribution in [1.82, 2.24) is 10.0 Å². The second-order valence-corrected chi connectivity index (χ2v) is 9.21. The summed E-state index contributed by atoms with van der Waals surface area (Å²) in [7, 11) is -3.69. The van der Waals surface area contributed by atoms with Gasteiger partial charge >= 0.3 is 0 Å². The average molecular weight is 429 g/mol. The van der Waals surface area contributed by atoms with Crippen molar-refractivity contribution in [3.05, 3.63) is 53.6 Å². The summed E-state index contributed by atoms with van der Waals surface area (Å²) in [6.45, 7) is 4.51. The zero-order valence-electron chi connectivity index (χ0n) is 16.9. The molecule has 0 radical (unpaired) electrons. The minimum atomic E-state index is -3.69. The van der Waals surface area contributed by atoms with E-state index in [0.29, 0.717) is 11.3 Å². The molecule has 0 atom stereocenters. The van der Waals surface area contributed by atoms with Gasteiger partial charge in [0.25, 0.3) is 5.91 Å². The number of terminal acetylenes is 1. The molecule has 30 heavy (non-hydrogen) atoms. The van der Waals surface area contributed by atoms with Gasteiger partial charge in [0.05, 0.1) is 18.0 Å². The quantitative estimate of drug-likeness (QED) is 0.496. The third-order valence-electron chi connectivity index (χ3n) is 4.49. The van der Waals surface area contributed by atoms with Crippen LogP contribution in [0.15, 0.2) is 47.4 Å². The first-order chi connectivity index (χ1) is 14.2. The lowest BCUT2D eigenvalue weighted by atomic mass is 10.0. The molecule has 1 heterocycles. The van der Waals surface area contributed by atoms with Crippen molar-refractivity contribution in [3.8, 4) is 23.8 Å². The third-order valence-corrected chi connectivity index (χ3v) is 5.91. The van der Waals surface area contributed by atoms with Crippen molar-refractivity contribution in [3.63, 3.8) is 0 Å². The summed E-state index contributed by atoms with van der Waals surface area (Å²) in [6.07, 6.45) is 5.88. The average Bonchev–Trinajstić information content (AvgIpc) is 3.04. The largest absolute Gasteiger partial charge is 0.488 e. The predicted octanol–water partition coefficient (Wildman–Crippen LogP) is 2.12. The van der Waals surface area contributed by atoms with Crippen LogP contribution in [-0.4, -0.2) is 39.6 Å². The number of amides is 1. The number of benzene rings is 2. The summed E-state index contributed by atoms with van der Waals surface area (Å²) >= 11 is 0. The highest BCUT2D eigenvalue weighted by atomic mass is 32.2. The Balaban J connectivity index is 1.52. The maximum absolute atomic E-state index is 12.3. The van der Waals surface area contributed by atoms with Crippen LogP contribution in [0.1, 0.15) is 29.8 Å². The maximum Gasteiger partial charge on any atom is 0.251 e. The summed E-state index contributed by atoms with van der Waals surface area (Å²) in [4.78, 5) is 12.3. The number of nitrogens with one attached hydrogen (secondary N) is 2. The number of fused-ring (bicyclic) bond motifs is 1. The van der Waals surface area contributed by atoms with Crippen LogP contribution in [-0.2, 0) is 16.4 Å². The Labute approximate surface area is 176 Å². The fourth-order valence-corrected chi connectivity index (χ4v) is 4.07. The van der Waals surface area contributed by atoms with Crippen LogP contribution in [0.3, 0.4) is 0 Å². The van der Waals surface area contributed by atoms with Crippen molar-refractivity contribution in [2.24, 2.45) is 0 Å². The molecule has 0 saturated heterocycles. The van der Waals surface area contributed by atoms with Crippen molar-refractivity contribution in [1.29, 1.82) is 0 Å². The molecule has 2 N–H and O–H groups in total. The number of ether oxygens (including phenoxy) is 2. The Kier molecular flexibility index (Phi) is 6.34. The molecular formula is C22H24N2O5S. The Bertz CT molecular complexity index is 1070. The molecule has 0 unspecified atom stereocenters. The van der Waals surface area contributed by atoms with E-state index in [1.807, 2.05) is 32.0 Å². The van der Waals surface area contributed by atoms with Gasteiger partial charge in [0, 0.05) is 17.5 Å². The van der Waals surface area contributed by atoms with E-state index in [0.717, 1.165) is 17.7 Å². The van der Waals surface area contributed by atoms with E-state index < -0.39 is 10.0 Å². The standard InChI is InChI=1S/C22H24N2O5S/c1-4-12-24-30(26,27)18-10-8-16(9-11-18)21(25)23-13-14-28-19-7-5-6-17-15-22(2,3)29-20(17)19/h1,5-11,24H,12-15H2,2-3H3,(H,23,25). The van der Waals surface area contributed by atoms with E-state index in [1.54, 1.807) is 0 Å². The molecule has 158 valence electrons. The first-order valence-corrected chi connectivity index (χ1v) is 11.0. The molecule has 0 bridgehead atoms. The van der Waals surface area contributed by atoms with Crippen LogP contribution < -0.4 is 19.5 Å². The number of hydrogen-bond acceptors (Lipinski definition) is 5. The van der Waals surface area contributed by atoms with Gasteiger partial charge in [-0.1, -0.05) is 18.1 Å². The minimum Gasteiger partial charge on any atom is -0.488 e. The van der Waals surface area contributed by atoms with E-state index in [-0.39, 0.29) is 36.1 Å². The Hall–Kier alpha value is -3.02. The Morgan fingerprint density at radius 3 is 2.67 bits per heavy atom. The molecule has 0 spiro atoms.